The van der Waals surface area contributed by atoms with Crippen LogP contribution in [-0.2, 0) is 6.54 Å². The van der Waals surface area contributed by atoms with Gasteiger partial charge in [0.15, 0.2) is 0 Å². The zero-order chi connectivity index (χ0) is 16.4. The fraction of sp³-hybridized carbons (Fsp3) is 0.438. The summed E-state index contributed by atoms with van der Waals surface area (Å²) in [6.07, 6.45) is 1.91. The van der Waals surface area contributed by atoms with Gasteiger partial charge in [0.05, 0.1) is 6.54 Å². The molecule has 1 fully saturated rings. The second-order valence-corrected chi connectivity index (χ2v) is 5.95. The third-order valence-corrected chi connectivity index (χ3v) is 4.06. The minimum absolute atomic E-state index is 0.0598. The Morgan fingerprint density at radius 2 is 2.22 bits per heavy atom. The number of nitrogens with two attached hydrogens (primary N) is 1. The van der Waals surface area contributed by atoms with Crippen LogP contribution in [-0.4, -0.2) is 33.9 Å². The molecule has 1 aliphatic rings. The quantitative estimate of drug-likeness (QED) is 0.916. The summed E-state index contributed by atoms with van der Waals surface area (Å²) in [5.74, 6) is 0.177. The van der Waals surface area contributed by atoms with Crippen LogP contribution < -0.4 is 16.2 Å². The SMILES string of the molecule is Cc1nnc(N2CCCC(N)C2)n(Cc2cccc(F)c2)c1=O. The molecule has 6 nitrogen and oxygen atoms in total. The Bertz CT molecular complexity index is 760. The minimum atomic E-state index is -0.323. The van der Waals surface area contributed by atoms with Gasteiger partial charge < -0.3 is 10.6 Å². The van der Waals surface area contributed by atoms with Gasteiger partial charge in [-0.15, -0.1) is 10.2 Å². The molecule has 7 heteroatoms. The predicted molar refractivity (Wildman–Crippen MR) is 86.0 cm³/mol. The molecule has 23 heavy (non-hydrogen) atoms. The van der Waals surface area contributed by atoms with Crippen LogP contribution in [0.3, 0.4) is 0 Å². The van der Waals surface area contributed by atoms with Crippen LogP contribution in [0.15, 0.2) is 29.1 Å². The highest BCUT2D eigenvalue weighted by Crippen LogP contribution is 2.17. The van der Waals surface area contributed by atoms with Crippen molar-refractivity contribution in [2.75, 3.05) is 18.0 Å². The minimum Gasteiger partial charge on any atom is -0.339 e. The number of anilines is 1. The van der Waals surface area contributed by atoms with E-state index in [1.54, 1.807) is 23.6 Å². The van der Waals surface area contributed by atoms with E-state index in [2.05, 4.69) is 10.2 Å². The summed E-state index contributed by atoms with van der Waals surface area (Å²) >= 11 is 0. The van der Waals surface area contributed by atoms with Gasteiger partial charge in [0.2, 0.25) is 5.95 Å². The third-order valence-electron chi connectivity index (χ3n) is 4.06. The van der Waals surface area contributed by atoms with E-state index in [0.717, 1.165) is 19.4 Å². The van der Waals surface area contributed by atoms with Gasteiger partial charge in [-0.05, 0) is 37.5 Å². The highest BCUT2D eigenvalue weighted by Gasteiger charge is 2.22. The van der Waals surface area contributed by atoms with Crippen molar-refractivity contribution in [1.29, 1.82) is 0 Å². The first kappa shape index (κ1) is 15.6. The summed E-state index contributed by atoms with van der Waals surface area (Å²) in [6, 6.07) is 6.29. The Balaban J connectivity index is 2.00. The Morgan fingerprint density at radius 1 is 1.39 bits per heavy atom. The maximum absolute atomic E-state index is 13.4. The molecule has 2 N–H and O–H groups in total. The second kappa shape index (κ2) is 6.45. The van der Waals surface area contributed by atoms with Gasteiger partial charge in [-0.2, -0.15) is 0 Å². The van der Waals surface area contributed by atoms with Gasteiger partial charge in [-0.25, -0.2) is 4.39 Å². The Kier molecular flexibility index (Phi) is 4.38. The average molecular weight is 317 g/mol. The fourth-order valence-electron chi connectivity index (χ4n) is 2.89. The Labute approximate surface area is 133 Å². The van der Waals surface area contributed by atoms with Crippen molar-refractivity contribution in [2.24, 2.45) is 5.73 Å². The molecule has 122 valence electrons. The molecule has 0 saturated carbocycles. The summed E-state index contributed by atoms with van der Waals surface area (Å²) in [7, 11) is 0. The monoisotopic (exact) mass is 317 g/mol. The first-order valence-corrected chi connectivity index (χ1v) is 7.73. The molecule has 1 unspecified atom stereocenters. The molecule has 3 rings (SSSR count). The summed E-state index contributed by atoms with van der Waals surface area (Å²) in [5.41, 5.74) is 6.85. The highest BCUT2D eigenvalue weighted by atomic mass is 19.1. The van der Waals surface area contributed by atoms with Crippen molar-refractivity contribution in [3.63, 3.8) is 0 Å². The molecule has 0 bridgehead atoms. The van der Waals surface area contributed by atoms with E-state index in [9.17, 15) is 9.18 Å². The number of benzene rings is 1. The summed E-state index contributed by atoms with van der Waals surface area (Å²) in [5, 5.41) is 8.16. The van der Waals surface area contributed by atoms with Crippen LogP contribution in [0.25, 0.3) is 0 Å². The van der Waals surface area contributed by atoms with Crippen LogP contribution in [0.4, 0.5) is 10.3 Å². The molecule has 1 atom stereocenters. The van der Waals surface area contributed by atoms with Gasteiger partial charge in [0.1, 0.15) is 11.5 Å². The number of aryl methyl sites for hydroxylation is 1. The van der Waals surface area contributed by atoms with Gasteiger partial charge in [-0.3, -0.25) is 9.36 Å². The number of hydrogen-bond donors (Lipinski definition) is 1. The molecule has 2 aromatic rings. The molecular weight excluding hydrogens is 297 g/mol. The zero-order valence-electron chi connectivity index (χ0n) is 13.1. The van der Waals surface area contributed by atoms with Gasteiger partial charge in [0, 0.05) is 19.1 Å². The molecule has 0 spiro atoms. The summed E-state index contributed by atoms with van der Waals surface area (Å²) < 4.78 is 15.0. The summed E-state index contributed by atoms with van der Waals surface area (Å²) in [4.78, 5) is 14.5. The normalized spacial score (nSPS) is 18.2. The van der Waals surface area contributed by atoms with E-state index in [0.29, 0.717) is 23.8 Å². The van der Waals surface area contributed by atoms with Crippen molar-refractivity contribution < 1.29 is 4.39 Å². The molecular formula is C16H20FN5O. The van der Waals surface area contributed by atoms with E-state index in [-0.39, 0.29) is 24.0 Å². The van der Waals surface area contributed by atoms with E-state index < -0.39 is 0 Å². The first-order valence-electron chi connectivity index (χ1n) is 7.73. The standard InChI is InChI=1S/C16H20FN5O/c1-11-15(23)22(9-12-4-2-5-13(17)8-12)16(20-19-11)21-7-3-6-14(18)10-21/h2,4-5,8,14H,3,6-7,9-10,18H2,1H3. The van der Waals surface area contributed by atoms with E-state index in [1.165, 1.54) is 12.1 Å². The molecule has 1 aromatic carbocycles. The molecule has 1 aliphatic heterocycles. The van der Waals surface area contributed by atoms with Crippen molar-refractivity contribution in [2.45, 2.75) is 32.4 Å². The van der Waals surface area contributed by atoms with Crippen LogP contribution in [0.1, 0.15) is 24.1 Å². The van der Waals surface area contributed by atoms with Crippen molar-refractivity contribution in [3.8, 4) is 0 Å². The number of aromatic nitrogens is 3. The van der Waals surface area contributed by atoms with Crippen LogP contribution in [0, 0.1) is 12.7 Å². The average Bonchev–Trinajstić information content (AvgIpc) is 2.52. The zero-order valence-corrected chi connectivity index (χ0v) is 13.1. The van der Waals surface area contributed by atoms with Gasteiger partial charge in [-0.1, -0.05) is 12.1 Å². The van der Waals surface area contributed by atoms with Crippen molar-refractivity contribution in [1.82, 2.24) is 14.8 Å². The number of hydrogen-bond acceptors (Lipinski definition) is 5. The smallest absolute Gasteiger partial charge is 0.276 e. The lowest BCUT2D eigenvalue weighted by atomic mass is 10.1. The third kappa shape index (κ3) is 3.39. The number of piperidine rings is 1. The van der Waals surface area contributed by atoms with Gasteiger partial charge in [0.25, 0.3) is 5.56 Å². The maximum Gasteiger partial charge on any atom is 0.276 e. The summed E-state index contributed by atoms with van der Waals surface area (Å²) in [6.45, 7) is 3.31. The van der Waals surface area contributed by atoms with Gasteiger partial charge >= 0.3 is 0 Å². The maximum atomic E-state index is 13.4. The molecule has 1 aromatic heterocycles. The predicted octanol–water partition coefficient (Wildman–Crippen LogP) is 1.06. The molecule has 2 heterocycles. The Hall–Kier alpha value is -2.28. The van der Waals surface area contributed by atoms with Crippen molar-refractivity contribution in [3.05, 3.63) is 51.7 Å². The number of nitrogens with zero attached hydrogens (tertiary/aromatic N) is 4. The second-order valence-electron chi connectivity index (χ2n) is 5.95. The largest absolute Gasteiger partial charge is 0.339 e. The van der Waals surface area contributed by atoms with E-state index in [4.69, 9.17) is 5.73 Å². The molecule has 1 saturated heterocycles. The van der Waals surface area contributed by atoms with Crippen LogP contribution in [0.2, 0.25) is 0 Å². The van der Waals surface area contributed by atoms with Crippen molar-refractivity contribution >= 4 is 5.95 Å². The lowest BCUT2D eigenvalue weighted by molar-refractivity contribution is 0.487. The van der Waals surface area contributed by atoms with Crippen LogP contribution >= 0.6 is 0 Å². The van der Waals surface area contributed by atoms with Crippen LogP contribution in [0.5, 0.6) is 0 Å². The van der Waals surface area contributed by atoms with E-state index in [1.807, 2.05) is 4.90 Å². The lowest BCUT2D eigenvalue weighted by Gasteiger charge is -2.32. The Morgan fingerprint density at radius 3 is 2.96 bits per heavy atom. The molecule has 0 aliphatic carbocycles. The topological polar surface area (TPSA) is 77.0 Å². The number of halogens is 1. The fourth-order valence-corrected chi connectivity index (χ4v) is 2.89. The van der Waals surface area contributed by atoms with E-state index >= 15 is 0 Å². The number of rotatable bonds is 3. The molecule has 0 amide bonds. The lowest BCUT2D eigenvalue weighted by Crippen LogP contribution is -2.46. The highest BCUT2D eigenvalue weighted by molar-refractivity contribution is 5.33. The molecule has 0 radical (unpaired) electrons. The first-order chi connectivity index (χ1) is 11.0.